The van der Waals surface area contributed by atoms with Crippen molar-refractivity contribution < 1.29 is 13.5 Å². The molecule has 0 fully saturated rings. The molecule has 0 aliphatic rings. The minimum Gasteiger partial charge on any atom is -0.508 e. The Hall–Kier alpha value is -2.02. The molecule has 0 unspecified atom stereocenters. The fourth-order valence-corrected chi connectivity index (χ4v) is 3.44. The van der Waals surface area contributed by atoms with E-state index in [1.54, 1.807) is 26.0 Å². The minimum absolute atomic E-state index is 0.0232. The highest BCUT2D eigenvalue weighted by Crippen LogP contribution is 2.26. The van der Waals surface area contributed by atoms with Crippen molar-refractivity contribution in [3.8, 4) is 5.75 Å². The zero-order chi connectivity index (χ0) is 14.0. The number of aromatic amines is 1. The number of aromatic hydroxyl groups is 1. The molecule has 7 heteroatoms. The summed E-state index contributed by atoms with van der Waals surface area (Å²) in [6.45, 7) is 3.64. The molecule has 0 amide bonds. The van der Waals surface area contributed by atoms with Crippen LogP contribution in [0.4, 0.5) is 5.69 Å². The second-order valence-electron chi connectivity index (χ2n) is 4.05. The highest BCUT2D eigenvalue weighted by molar-refractivity contribution is 7.92. The number of phenols is 1. The molecule has 1 aromatic heterocycles. The Morgan fingerprint density at radius 3 is 2.68 bits per heavy atom. The fourth-order valence-electron chi connectivity index (χ4n) is 1.86. The third-order valence-electron chi connectivity index (χ3n) is 2.76. The van der Waals surface area contributed by atoms with Crippen molar-refractivity contribution in [2.75, 3.05) is 10.8 Å². The Kier molecular flexibility index (Phi) is 3.48. The number of phenolic OH excluding ortho intramolecular Hbond substituents is 1. The van der Waals surface area contributed by atoms with Gasteiger partial charge < -0.3 is 5.11 Å². The van der Waals surface area contributed by atoms with Crippen LogP contribution in [0.15, 0.2) is 35.4 Å². The summed E-state index contributed by atoms with van der Waals surface area (Å²) in [6, 6.07) is 6.14. The number of nitrogens with zero attached hydrogens (tertiary/aromatic N) is 2. The number of aryl methyl sites for hydroxylation is 1. The lowest BCUT2D eigenvalue weighted by molar-refractivity contribution is 0.475. The number of benzene rings is 1. The minimum atomic E-state index is -3.68. The van der Waals surface area contributed by atoms with Crippen LogP contribution in [0.25, 0.3) is 0 Å². The molecule has 0 spiro atoms. The van der Waals surface area contributed by atoms with E-state index in [0.29, 0.717) is 11.4 Å². The first kappa shape index (κ1) is 13.4. The second-order valence-corrected chi connectivity index (χ2v) is 5.88. The first-order valence-corrected chi connectivity index (χ1v) is 7.22. The van der Waals surface area contributed by atoms with Crippen LogP contribution in [0, 0.1) is 6.92 Å². The molecule has 0 aliphatic carbocycles. The van der Waals surface area contributed by atoms with Gasteiger partial charge >= 0.3 is 0 Å². The average Bonchev–Trinajstić information content (AvgIpc) is 2.77. The zero-order valence-corrected chi connectivity index (χ0v) is 11.5. The summed E-state index contributed by atoms with van der Waals surface area (Å²) >= 11 is 0. The maximum atomic E-state index is 12.5. The molecule has 6 nitrogen and oxygen atoms in total. The van der Waals surface area contributed by atoms with E-state index in [4.69, 9.17) is 0 Å². The first-order valence-electron chi connectivity index (χ1n) is 5.78. The van der Waals surface area contributed by atoms with E-state index >= 15 is 0 Å². The van der Waals surface area contributed by atoms with Gasteiger partial charge in [-0.2, -0.15) is 5.10 Å². The molecular weight excluding hydrogens is 266 g/mol. The summed E-state index contributed by atoms with van der Waals surface area (Å²) < 4.78 is 26.3. The van der Waals surface area contributed by atoms with E-state index in [2.05, 4.69) is 10.2 Å². The molecule has 2 aromatic rings. The van der Waals surface area contributed by atoms with E-state index < -0.39 is 10.0 Å². The molecule has 0 aliphatic heterocycles. The Morgan fingerprint density at radius 1 is 1.42 bits per heavy atom. The Balaban J connectivity index is 2.51. The number of hydrogen-bond acceptors (Lipinski definition) is 4. The first-order chi connectivity index (χ1) is 8.96. The number of nitrogens with one attached hydrogen (secondary N) is 1. The molecule has 0 atom stereocenters. The highest BCUT2D eigenvalue weighted by Gasteiger charge is 2.26. The second kappa shape index (κ2) is 4.93. The molecule has 0 saturated carbocycles. The van der Waals surface area contributed by atoms with Crippen LogP contribution >= 0.6 is 0 Å². The largest absolute Gasteiger partial charge is 0.508 e. The van der Waals surface area contributed by atoms with Gasteiger partial charge in [-0.25, -0.2) is 8.42 Å². The van der Waals surface area contributed by atoms with Crippen LogP contribution in [0.3, 0.4) is 0 Å². The predicted molar refractivity (Wildman–Crippen MR) is 71.6 cm³/mol. The topological polar surface area (TPSA) is 86.3 Å². The quantitative estimate of drug-likeness (QED) is 0.892. The van der Waals surface area contributed by atoms with Crippen molar-refractivity contribution in [1.82, 2.24) is 10.2 Å². The smallest absolute Gasteiger partial charge is 0.267 e. The van der Waals surface area contributed by atoms with Crippen molar-refractivity contribution in [3.05, 3.63) is 36.2 Å². The van der Waals surface area contributed by atoms with Crippen molar-refractivity contribution in [3.63, 3.8) is 0 Å². The normalized spacial score (nSPS) is 11.5. The Morgan fingerprint density at radius 2 is 2.16 bits per heavy atom. The Bertz CT molecular complexity index is 679. The molecule has 0 bridgehead atoms. The molecule has 102 valence electrons. The summed E-state index contributed by atoms with van der Waals surface area (Å²) in [6.07, 6.45) is 1.29. The van der Waals surface area contributed by atoms with Crippen molar-refractivity contribution >= 4 is 15.7 Å². The molecular formula is C12H15N3O3S. The average molecular weight is 281 g/mol. The van der Waals surface area contributed by atoms with Crippen molar-refractivity contribution in [2.24, 2.45) is 0 Å². The van der Waals surface area contributed by atoms with Crippen LogP contribution in [0.2, 0.25) is 0 Å². The lowest BCUT2D eigenvalue weighted by Gasteiger charge is -2.22. The molecule has 0 saturated heterocycles. The Labute approximate surface area is 111 Å². The van der Waals surface area contributed by atoms with Gasteiger partial charge in [-0.3, -0.25) is 9.40 Å². The van der Waals surface area contributed by atoms with E-state index in [0.717, 1.165) is 0 Å². The van der Waals surface area contributed by atoms with Gasteiger partial charge in [0.1, 0.15) is 10.6 Å². The summed E-state index contributed by atoms with van der Waals surface area (Å²) in [5, 5.41) is 15.8. The highest BCUT2D eigenvalue weighted by atomic mass is 32.2. The fraction of sp³-hybridized carbons (Fsp3) is 0.250. The molecule has 2 N–H and O–H groups in total. The van der Waals surface area contributed by atoms with Gasteiger partial charge in [0.05, 0.1) is 17.6 Å². The summed E-state index contributed by atoms with van der Waals surface area (Å²) in [5.41, 5.74) is 0.904. The number of anilines is 1. The molecule has 2 rings (SSSR count). The lowest BCUT2D eigenvalue weighted by Crippen LogP contribution is -2.30. The van der Waals surface area contributed by atoms with Crippen LogP contribution in [-0.4, -0.2) is 30.3 Å². The molecule has 0 radical (unpaired) electrons. The van der Waals surface area contributed by atoms with Crippen molar-refractivity contribution in [2.45, 2.75) is 18.7 Å². The summed E-state index contributed by atoms with van der Waals surface area (Å²) in [4.78, 5) is 0.137. The van der Waals surface area contributed by atoms with Gasteiger partial charge in [0.25, 0.3) is 10.0 Å². The SMILES string of the molecule is CCN(c1cccc(O)c1)S(=O)(=O)c1cn[nH]c1C. The van der Waals surface area contributed by atoms with Gasteiger partial charge in [0, 0.05) is 12.6 Å². The zero-order valence-electron chi connectivity index (χ0n) is 10.7. The monoisotopic (exact) mass is 281 g/mol. The number of hydrogen-bond donors (Lipinski definition) is 2. The molecule has 19 heavy (non-hydrogen) atoms. The van der Waals surface area contributed by atoms with E-state index in [1.807, 2.05) is 0 Å². The van der Waals surface area contributed by atoms with Gasteiger partial charge in [0.15, 0.2) is 0 Å². The maximum absolute atomic E-state index is 12.5. The number of H-pyrrole nitrogens is 1. The van der Waals surface area contributed by atoms with E-state index in [9.17, 15) is 13.5 Å². The van der Waals surface area contributed by atoms with Crippen LogP contribution in [-0.2, 0) is 10.0 Å². The number of sulfonamides is 1. The van der Waals surface area contributed by atoms with Crippen LogP contribution in [0.1, 0.15) is 12.6 Å². The van der Waals surface area contributed by atoms with E-state index in [-0.39, 0.29) is 17.2 Å². The summed E-state index contributed by atoms with van der Waals surface area (Å²) in [7, 11) is -3.68. The van der Waals surface area contributed by atoms with Gasteiger partial charge in [-0.15, -0.1) is 0 Å². The standard InChI is InChI=1S/C12H15N3O3S/c1-3-15(10-5-4-6-11(16)7-10)19(17,18)12-8-13-14-9(12)2/h4-8,16H,3H2,1-2H3,(H,13,14). The molecule has 1 aromatic carbocycles. The van der Waals surface area contributed by atoms with Crippen LogP contribution in [0.5, 0.6) is 5.75 Å². The van der Waals surface area contributed by atoms with Gasteiger partial charge in [0.2, 0.25) is 0 Å². The predicted octanol–water partition coefficient (Wildman–Crippen LogP) is 1.64. The lowest BCUT2D eigenvalue weighted by atomic mass is 10.3. The van der Waals surface area contributed by atoms with Gasteiger partial charge in [-0.05, 0) is 26.0 Å². The van der Waals surface area contributed by atoms with E-state index in [1.165, 1.54) is 22.6 Å². The maximum Gasteiger partial charge on any atom is 0.267 e. The number of aromatic nitrogens is 2. The molecule has 1 heterocycles. The van der Waals surface area contributed by atoms with Gasteiger partial charge in [-0.1, -0.05) is 6.07 Å². The third kappa shape index (κ3) is 2.41. The third-order valence-corrected chi connectivity index (χ3v) is 4.77. The van der Waals surface area contributed by atoms with Crippen LogP contribution < -0.4 is 4.31 Å². The number of rotatable bonds is 4. The summed E-state index contributed by atoms with van der Waals surface area (Å²) in [5.74, 6) is 0.0232. The van der Waals surface area contributed by atoms with Crippen molar-refractivity contribution in [1.29, 1.82) is 0 Å².